The molecule has 6 nitrogen and oxygen atoms in total. The van der Waals surface area contributed by atoms with Gasteiger partial charge in [-0.15, -0.1) is 11.3 Å². The first kappa shape index (κ1) is 17.8. The highest BCUT2D eigenvalue weighted by atomic mass is 32.2. The van der Waals surface area contributed by atoms with Gasteiger partial charge in [0.2, 0.25) is 10.0 Å². The van der Waals surface area contributed by atoms with Gasteiger partial charge in [-0.1, -0.05) is 12.1 Å². The van der Waals surface area contributed by atoms with Crippen LogP contribution in [-0.2, 0) is 10.0 Å². The Balaban J connectivity index is 1.63. The number of nitrogens with one attached hydrogen (secondary N) is 2. The van der Waals surface area contributed by atoms with Crippen molar-refractivity contribution in [2.24, 2.45) is 0 Å². The van der Waals surface area contributed by atoms with Crippen molar-refractivity contribution >= 4 is 38.2 Å². The number of hydrogen-bond acceptors (Lipinski definition) is 6. The molecule has 0 saturated heterocycles. The van der Waals surface area contributed by atoms with Gasteiger partial charge in [-0.2, -0.15) is 0 Å². The Morgan fingerprint density at radius 2 is 1.72 bits per heavy atom. The van der Waals surface area contributed by atoms with Crippen molar-refractivity contribution in [3.05, 3.63) is 45.8 Å². The average molecular weight is 377 g/mol. The molecule has 1 aromatic carbocycles. The van der Waals surface area contributed by atoms with Gasteiger partial charge >= 0.3 is 0 Å². The van der Waals surface area contributed by atoms with Gasteiger partial charge in [-0.05, 0) is 39.0 Å². The lowest BCUT2D eigenvalue weighted by Crippen LogP contribution is -2.29. The number of benzene rings is 1. The molecule has 0 bridgehead atoms. The maximum Gasteiger partial charge on any atom is 0.241 e. The van der Waals surface area contributed by atoms with Gasteiger partial charge in [-0.25, -0.2) is 23.1 Å². The molecule has 132 valence electrons. The Kier molecular flexibility index (Phi) is 5.03. The van der Waals surface area contributed by atoms with Crippen molar-refractivity contribution < 1.29 is 8.42 Å². The SMILES string of the molecule is Cc1cc(S(=O)(=O)NCCNc2nc3ccccc3nc2C)c(C)s1. The van der Waals surface area contributed by atoms with Crippen molar-refractivity contribution in [2.75, 3.05) is 18.4 Å². The second-order valence-corrected chi connectivity index (χ2v) is 8.94. The van der Waals surface area contributed by atoms with Gasteiger partial charge in [0.25, 0.3) is 0 Å². The largest absolute Gasteiger partial charge is 0.367 e. The van der Waals surface area contributed by atoms with Crippen molar-refractivity contribution in [2.45, 2.75) is 25.7 Å². The summed E-state index contributed by atoms with van der Waals surface area (Å²) in [6, 6.07) is 9.35. The first-order chi connectivity index (χ1) is 11.9. The summed E-state index contributed by atoms with van der Waals surface area (Å²) in [4.78, 5) is 11.2. The zero-order valence-electron chi connectivity index (χ0n) is 14.3. The topological polar surface area (TPSA) is 84.0 Å². The monoisotopic (exact) mass is 376 g/mol. The number of aromatic nitrogens is 2. The number of thiophene rings is 1. The van der Waals surface area contributed by atoms with E-state index in [9.17, 15) is 8.42 Å². The van der Waals surface area contributed by atoms with E-state index in [1.165, 1.54) is 11.3 Å². The van der Waals surface area contributed by atoms with Crippen LogP contribution in [0.1, 0.15) is 15.4 Å². The van der Waals surface area contributed by atoms with Gasteiger partial charge in [0, 0.05) is 22.8 Å². The predicted molar refractivity (Wildman–Crippen MR) is 102 cm³/mol. The fourth-order valence-corrected chi connectivity index (χ4v) is 5.16. The third-order valence-corrected chi connectivity index (χ3v) is 6.42. The number of rotatable bonds is 6. The maximum atomic E-state index is 12.4. The Bertz CT molecular complexity index is 1010. The molecule has 2 N–H and O–H groups in total. The fourth-order valence-electron chi connectivity index (χ4n) is 2.57. The Hall–Kier alpha value is -2.03. The molecule has 0 amide bonds. The minimum Gasteiger partial charge on any atom is -0.367 e. The minimum atomic E-state index is -3.48. The van der Waals surface area contributed by atoms with E-state index in [1.54, 1.807) is 6.07 Å². The van der Waals surface area contributed by atoms with E-state index in [-0.39, 0.29) is 6.54 Å². The smallest absolute Gasteiger partial charge is 0.241 e. The molecular weight excluding hydrogens is 356 g/mol. The van der Waals surface area contributed by atoms with E-state index in [0.29, 0.717) is 17.3 Å². The molecule has 0 atom stereocenters. The van der Waals surface area contributed by atoms with Crippen LogP contribution in [0.4, 0.5) is 5.82 Å². The van der Waals surface area contributed by atoms with Crippen LogP contribution in [0.25, 0.3) is 11.0 Å². The van der Waals surface area contributed by atoms with Crippen LogP contribution < -0.4 is 10.0 Å². The van der Waals surface area contributed by atoms with Crippen LogP contribution in [0.2, 0.25) is 0 Å². The quantitative estimate of drug-likeness (QED) is 0.646. The van der Waals surface area contributed by atoms with Crippen LogP contribution in [0.3, 0.4) is 0 Å². The van der Waals surface area contributed by atoms with Crippen LogP contribution >= 0.6 is 11.3 Å². The van der Waals surface area contributed by atoms with E-state index in [2.05, 4.69) is 20.0 Å². The summed E-state index contributed by atoms with van der Waals surface area (Å²) >= 11 is 1.48. The number of hydrogen-bond donors (Lipinski definition) is 2. The van der Waals surface area contributed by atoms with E-state index in [4.69, 9.17) is 0 Å². The van der Waals surface area contributed by atoms with Crippen molar-refractivity contribution in [1.29, 1.82) is 0 Å². The summed E-state index contributed by atoms with van der Waals surface area (Å²) in [6.45, 7) is 6.29. The summed E-state index contributed by atoms with van der Waals surface area (Å²) in [6.07, 6.45) is 0. The molecule has 0 spiro atoms. The molecule has 3 aromatic rings. The molecule has 0 saturated carbocycles. The van der Waals surface area contributed by atoms with E-state index in [0.717, 1.165) is 26.5 Å². The lowest BCUT2D eigenvalue weighted by molar-refractivity contribution is 0.582. The van der Waals surface area contributed by atoms with E-state index < -0.39 is 10.0 Å². The van der Waals surface area contributed by atoms with Crippen LogP contribution in [0, 0.1) is 20.8 Å². The summed E-state index contributed by atoms with van der Waals surface area (Å²) in [5, 5.41) is 3.15. The predicted octanol–water partition coefficient (Wildman–Crippen LogP) is 3.01. The molecular formula is C17H20N4O2S2. The van der Waals surface area contributed by atoms with Gasteiger partial charge < -0.3 is 5.32 Å². The summed E-state index contributed by atoms with van der Waals surface area (Å²) in [7, 11) is -3.48. The first-order valence-electron chi connectivity index (χ1n) is 7.91. The molecule has 0 aliphatic heterocycles. The minimum absolute atomic E-state index is 0.268. The normalized spacial score (nSPS) is 11.8. The average Bonchev–Trinajstić information content (AvgIpc) is 2.91. The zero-order valence-corrected chi connectivity index (χ0v) is 16.0. The summed E-state index contributed by atoms with van der Waals surface area (Å²) < 4.78 is 27.3. The zero-order chi connectivity index (χ0) is 18.0. The van der Waals surface area contributed by atoms with Gasteiger partial charge in [0.15, 0.2) is 0 Å². The molecule has 25 heavy (non-hydrogen) atoms. The molecule has 2 aromatic heterocycles. The number of sulfonamides is 1. The molecule has 8 heteroatoms. The summed E-state index contributed by atoms with van der Waals surface area (Å²) in [5.74, 6) is 0.667. The summed E-state index contributed by atoms with van der Waals surface area (Å²) in [5.41, 5.74) is 2.43. The van der Waals surface area contributed by atoms with Crippen molar-refractivity contribution in [3.63, 3.8) is 0 Å². The standard InChI is InChI=1S/C17H20N4O2S2/c1-11-10-16(13(3)24-11)25(22,23)19-9-8-18-17-12(2)20-14-6-4-5-7-15(14)21-17/h4-7,10,19H,8-9H2,1-3H3,(H,18,21). The van der Waals surface area contributed by atoms with Crippen molar-refractivity contribution in [1.82, 2.24) is 14.7 Å². The highest BCUT2D eigenvalue weighted by molar-refractivity contribution is 7.89. The first-order valence-corrected chi connectivity index (χ1v) is 10.2. The fraction of sp³-hybridized carbons (Fsp3) is 0.294. The molecule has 0 aliphatic carbocycles. The lowest BCUT2D eigenvalue weighted by atomic mass is 10.3. The maximum absolute atomic E-state index is 12.4. The van der Waals surface area contributed by atoms with Gasteiger partial charge in [-0.3, -0.25) is 0 Å². The molecule has 2 heterocycles. The molecule has 0 fully saturated rings. The lowest BCUT2D eigenvalue weighted by Gasteiger charge is -2.10. The van der Waals surface area contributed by atoms with E-state index >= 15 is 0 Å². The second kappa shape index (κ2) is 7.07. The van der Waals surface area contributed by atoms with Crippen LogP contribution in [0.5, 0.6) is 0 Å². The number of nitrogens with zero attached hydrogens (tertiary/aromatic N) is 2. The molecule has 0 radical (unpaired) electrons. The third kappa shape index (κ3) is 3.97. The Morgan fingerprint density at radius 1 is 1.04 bits per heavy atom. The number of anilines is 1. The highest BCUT2D eigenvalue weighted by Gasteiger charge is 2.18. The van der Waals surface area contributed by atoms with Crippen LogP contribution in [0.15, 0.2) is 35.2 Å². The molecule has 0 aliphatic rings. The van der Waals surface area contributed by atoms with Crippen molar-refractivity contribution in [3.8, 4) is 0 Å². The van der Waals surface area contributed by atoms with Crippen LogP contribution in [-0.4, -0.2) is 31.5 Å². The number of aryl methyl sites for hydroxylation is 3. The second-order valence-electron chi connectivity index (χ2n) is 5.75. The Labute approximate surface area is 151 Å². The van der Waals surface area contributed by atoms with Gasteiger partial charge in [0.1, 0.15) is 5.82 Å². The van der Waals surface area contributed by atoms with E-state index in [1.807, 2.05) is 45.0 Å². The molecule has 3 rings (SSSR count). The Morgan fingerprint density at radius 3 is 2.36 bits per heavy atom. The van der Waals surface area contributed by atoms with Gasteiger partial charge in [0.05, 0.1) is 21.6 Å². The third-order valence-electron chi connectivity index (χ3n) is 3.74. The highest BCUT2D eigenvalue weighted by Crippen LogP contribution is 2.24. The molecule has 0 unspecified atom stereocenters. The number of fused-ring (bicyclic) bond motifs is 1. The number of para-hydroxylation sites is 2.